The number of benzene rings is 1. The molecule has 154 valence electrons. The first-order chi connectivity index (χ1) is 13.8. The fourth-order valence-electron chi connectivity index (χ4n) is 3.88. The number of imide groups is 1. The lowest BCUT2D eigenvalue weighted by molar-refractivity contribution is -0.115. The largest absolute Gasteiger partial charge is 0.450 e. The topological polar surface area (TPSA) is 84.5 Å². The van der Waals surface area contributed by atoms with E-state index in [0.717, 1.165) is 52.0 Å². The molecule has 29 heavy (non-hydrogen) atoms. The highest BCUT2D eigenvalue weighted by Gasteiger charge is 2.28. The van der Waals surface area contributed by atoms with Crippen LogP contribution in [0.1, 0.15) is 56.4 Å². The summed E-state index contributed by atoms with van der Waals surface area (Å²) in [7, 11) is 0. The molecule has 0 fully saturated rings. The highest BCUT2D eigenvalue weighted by molar-refractivity contribution is 7.17. The van der Waals surface area contributed by atoms with Gasteiger partial charge in [0.2, 0.25) is 5.91 Å². The lowest BCUT2D eigenvalue weighted by Gasteiger charge is -2.12. The third-order valence-electron chi connectivity index (χ3n) is 5.07. The zero-order chi connectivity index (χ0) is 21.1. The zero-order valence-corrected chi connectivity index (χ0v) is 18.0. The summed E-state index contributed by atoms with van der Waals surface area (Å²) in [6, 6.07) is 4.13. The van der Waals surface area contributed by atoms with Crippen molar-refractivity contribution in [2.45, 2.75) is 53.4 Å². The number of alkyl carbamates (subject to hydrolysis) is 1. The van der Waals surface area contributed by atoms with Gasteiger partial charge in [-0.05, 0) is 69.2 Å². The van der Waals surface area contributed by atoms with Crippen molar-refractivity contribution >= 4 is 34.2 Å². The fraction of sp³-hybridized carbons (Fsp3) is 0.409. The molecule has 1 aromatic carbocycles. The van der Waals surface area contributed by atoms with E-state index in [4.69, 9.17) is 4.74 Å². The van der Waals surface area contributed by atoms with Gasteiger partial charge < -0.3 is 10.1 Å². The van der Waals surface area contributed by atoms with E-state index in [9.17, 15) is 14.4 Å². The summed E-state index contributed by atoms with van der Waals surface area (Å²) in [6.07, 6.45) is 2.07. The Morgan fingerprint density at radius 3 is 2.45 bits per heavy atom. The maximum atomic E-state index is 12.8. The molecule has 1 aliphatic rings. The number of aryl methyl sites for hydroxylation is 4. The molecule has 1 heterocycles. The number of amides is 3. The van der Waals surface area contributed by atoms with Crippen LogP contribution in [0.25, 0.3) is 0 Å². The normalized spacial score (nSPS) is 12.4. The van der Waals surface area contributed by atoms with Crippen LogP contribution in [0.4, 0.5) is 9.80 Å². The van der Waals surface area contributed by atoms with Gasteiger partial charge in [-0.15, -0.1) is 11.3 Å². The van der Waals surface area contributed by atoms with Crippen molar-refractivity contribution < 1.29 is 19.1 Å². The molecule has 0 spiro atoms. The van der Waals surface area contributed by atoms with Crippen molar-refractivity contribution in [3.8, 4) is 0 Å². The summed E-state index contributed by atoms with van der Waals surface area (Å²) in [5, 5.41) is 5.67. The van der Waals surface area contributed by atoms with Crippen LogP contribution in [0.15, 0.2) is 12.1 Å². The number of ether oxygens (including phenoxy) is 1. The Bertz CT molecular complexity index is 954. The van der Waals surface area contributed by atoms with Gasteiger partial charge in [-0.25, -0.2) is 4.79 Å². The molecule has 3 amide bonds. The van der Waals surface area contributed by atoms with Crippen LogP contribution < -0.4 is 10.6 Å². The summed E-state index contributed by atoms with van der Waals surface area (Å²) in [5.74, 6) is -0.703. The summed E-state index contributed by atoms with van der Waals surface area (Å²) < 4.78 is 4.81. The minimum atomic E-state index is -0.779. The molecule has 1 aromatic heterocycles. The highest BCUT2D eigenvalue weighted by Crippen LogP contribution is 2.39. The second-order valence-electron chi connectivity index (χ2n) is 7.34. The number of rotatable bonds is 5. The average molecular weight is 415 g/mol. The van der Waals surface area contributed by atoms with Crippen molar-refractivity contribution in [3.63, 3.8) is 0 Å². The zero-order valence-electron chi connectivity index (χ0n) is 17.2. The van der Waals surface area contributed by atoms with Gasteiger partial charge >= 0.3 is 6.09 Å². The number of fused-ring (bicyclic) bond motifs is 1. The summed E-state index contributed by atoms with van der Waals surface area (Å²) >= 11 is 1.42. The Kier molecular flexibility index (Phi) is 6.37. The molecule has 0 unspecified atom stereocenters. The van der Waals surface area contributed by atoms with Crippen LogP contribution in [-0.2, 0) is 28.8 Å². The number of anilines is 1. The van der Waals surface area contributed by atoms with Crippen molar-refractivity contribution in [3.05, 3.63) is 50.4 Å². The SMILES string of the molecule is CCOC(=O)NC(=O)c1c(NC(=O)Cc2c(C)cc(C)cc2C)sc2c1CCC2. The van der Waals surface area contributed by atoms with Crippen molar-refractivity contribution in [2.24, 2.45) is 0 Å². The molecular weight excluding hydrogens is 388 g/mol. The standard InChI is InChI=1S/C22H26N2O4S/c1-5-28-22(27)24-20(26)19-15-7-6-8-17(15)29-21(19)23-18(25)11-16-13(3)9-12(2)10-14(16)4/h9-10H,5-8,11H2,1-4H3,(H,23,25)(H,24,26,27). The highest BCUT2D eigenvalue weighted by atomic mass is 32.1. The van der Waals surface area contributed by atoms with E-state index in [0.29, 0.717) is 10.6 Å². The summed E-state index contributed by atoms with van der Waals surface area (Å²) in [5.41, 5.74) is 5.63. The van der Waals surface area contributed by atoms with Crippen LogP contribution in [0, 0.1) is 20.8 Å². The van der Waals surface area contributed by atoms with E-state index in [1.165, 1.54) is 11.3 Å². The van der Waals surface area contributed by atoms with E-state index in [1.807, 2.05) is 20.8 Å². The van der Waals surface area contributed by atoms with Gasteiger partial charge in [-0.3, -0.25) is 14.9 Å². The van der Waals surface area contributed by atoms with Gasteiger partial charge in [0.15, 0.2) is 0 Å². The molecule has 0 atom stereocenters. The van der Waals surface area contributed by atoms with Crippen LogP contribution >= 0.6 is 11.3 Å². The van der Waals surface area contributed by atoms with Crippen molar-refractivity contribution in [1.29, 1.82) is 0 Å². The second kappa shape index (κ2) is 8.78. The Morgan fingerprint density at radius 2 is 1.79 bits per heavy atom. The molecule has 2 N–H and O–H groups in total. The number of carbonyl (C=O) groups is 3. The van der Waals surface area contributed by atoms with Crippen LogP contribution in [0.3, 0.4) is 0 Å². The maximum Gasteiger partial charge on any atom is 0.414 e. The molecule has 2 aromatic rings. The minimum Gasteiger partial charge on any atom is -0.450 e. The van der Waals surface area contributed by atoms with Crippen molar-refractivity contribution in [2.75, 3.05) is 11.9 Å². The number of hydrogen-bond acceptors (Lipinski definition) is 5. The first-order valence-corrected chi connectivity index (χ1v) is 10.6. The van der Waals surface area contributed by atoms with Gasteiger partial charge in [0.25, 0.3) is 5.91 Å². The Hall–Kier alpha value is -2.67. The minimum absolute atomic E-state index is 0.176. The van der Waals surface area contributed by atoms with E-state index < -0.39 is 12.0 Å². The molecule has 0 aliphatic heterocycles. The molecule has 0 saturated carbocycles. The van der Waals surface area contributed by atoms with Crippen LogP contribution in [0.5, 0.6) is 0 Å². The average Bonchev–Trinajstić information content (AvgIpc) is 3.18. The van der Waals surface area contributed by atoms with E-state index in [1.54, 1.807) is 6.92 Å². The quantitative estimate of drug-likeness (QED) is 0.767. The molecule has 3 rings (SSSR count). The monoisotopic (exact) mass is 414 g/mol. The van der Waals surface area contributed by atoms with Gasteiger partial charge in [-0.1, -0.05) is 17.7 Å². The molecule has 0 saturated heterocycles. The predicted octanol–water partition coefficient (Wildman–Crippen LogP) is 4.23. The molecular formula is C22H26N2O4S. The smallest absolute Gasteiger partial charge is 0.414 e. The van der Waals surface area contributed by atoms with E-state index in [-0.39, 0.29) is 18.9 Å². The lowest BCUT2D eigenvalue weighted by Crippen LogP contribution is -2.32. The predicted molar refractivity (Wildman–Crippen MR) is 114 cm³/mol. The summed E-state index contributed by atoms with van der Waals surface area (Å²) in [4.78, 5) is 38.3. The van der Waals surface area contributed by atoms with Gasteiger partial charge in [-0.2, -0.15) is 0 Å². The number of carbonyl (C=O) groups excluding carboxylic acids is 3. The molecule has 1 aliphatic carbocycles. The first kappa shape index (κ1) is 21.0. The molecule has 0 radical (unpaired) electrons. The van der Waals surface area contributed by atoms with Crippen LogP contribution in [-0.4, -0.2) is 24.5 Å². The fourth-order valence-corrected chi connectivity index (χ4v) is 5.18. The third kappa shape index (κ3) is 4.67. The lowest BCUT2D eigenvalue weighted by atomic mass is 9.97. The number of hydrogen-bond donors (Lipinski definition) is 2. The number of thiophene rings is 1. The van der Waals surface area contributed by atoms with E-state index in [2.05, 4.69) is 22.8 Å². The summed E-state index contributed by atoms with van der Waals surface area (Å²) in [6.45, 7) is 7.89. The van der Waals surface area contributed by atoms with Crippen LogP contribution in [0.2, 0.25) is 0 Å². The Morgan fingerprint density at radius 1 is 1.10 bits per heavy atom. The van der Waals surface area contributed by atoms with E-state index >= 15 is 0 Å². The molecule has 7 heteroatoms. The van der Waals surface area contributed by atoms with Crippen molar-refractivity contribution in [1.82, 2.24) is 5.32 Å². The van der Waals surface area contributed by atoms with Gasteiger partial charge in [0, 0.05) is 4.88 Å². The Labute approximate surface area is 174 Å². The second-order valence-corrected chi connectivity index (χ2v) is 8.44. The first-order valence-electron chi connectivity index (χ1n) is 9.79. The van der Waals surface area contributed by atoms with Gasteiger partial charge in [0.05, 0.1) is 18.6 Å². The van der Waals surface area contributed by atoms with Gasteiger partial charge in [0.1, 0.15) is 5.00 Å². The maximum absolute atomic E-state index is 12.8. The number of nitrogens with one attached hydrogen (secondary N) is 2. The molecule has 0 bridgehead atoms. The molecule has 6 nitrogen and oxygen atoms in total. The Balaban J connectivity index is 1.81. The third-order valence-corrected chi connectivity index (χ3v) is 6.28.